The molecular formula is C12H14N2OS. The summed E-state index contributed by atoms with van der Waals surface area (Å²) in [5.74, 6) is 0.264. The lowest BCUT2D eigenvalue weighted by atomic mass is 10.2. The molecule has 84 valence electrons. The normalized spacial score (nSPS) is 10.6. The SMILES string of the molecule is CCc1nc(-c2cccc(O)c2)sc1CN. The molecule has 3 nitrogen and oxygen atoms in total. The van der Waals surface area contributed by atoms with Gasteiger partial charge in [0.1, 0.15) is 10.8 Å². The number of aryl methyl sites for hydroxylation is 1. The van der Waals surface area contributed by atoms with E-state index < -0.39 is 0 Å². The predicted octanol–water partition coefficient (Wildman–Crippen LogP) is 2.54. The Morgan fingerprint density at radius 1 is 1.44 bits per heavy atom. The smallest absolute Gasteiger partial charge is 0.124 e. The second-order valence-electron chi connectivity index (χ2n) is 3.50. The van der Waals surface area contributed by atoms with Crippen LogP contribution in [0.1, 0.15) is 17.5 Å². The first-order valence-electron chi connectivity index (χ1n) is 5.22. The molecule has 1 aromatic carbocycles. The van der Waals surface area contributed by atoms with Crippen molar-refractivity contribution in [3.8, 4) is 16.3 Å². The van der Waals surface area contributed by atoms with Gasteiger partial charge >= 0.3 is 0 Å². The number of thiazole rings is 1. The molecule has 0 fully saturated rings. The molecule has 16 heavy (non-hydrogen) atoms. The molecule has 0 amide bonds. The van der Waals surface area contributed by atoms with Crippen LogP contribution in [0.25, 0.3) is 10.6 Å². The Morgan fingerprint density at radius 2 is 2.25 bits per heavy atom. The number of benzene rings is 1. The number of rotatable bonds is 3. The summed E-state index contributed by atoms with van der Waals surface area (Å²) in [5.41, 5.74) is 7.67. The molecule has 0 unspecified atom stereocenters. The lowest BCUT2D eigenvalue weighted by Gasteiger charge is -1.96. The van der Waals surface area contributed by atoms with Crippen LogP contribution in [-0.2, 0) is 13.0 Å². The molecule has 2 aromatic rings. The van der Waals surface area contributed by atoms with Gasteiger partial charge in [0.25, 0.3) is 0 Å². The minimum absolute atomic E-state index is 0.264. The largest absolute Gasteiger partial charge is 0.508 e. The van der Waals surface area contributed by atoms with E-state index in [9.17, 15) is 5.11 Å². The van der Waals surface area contributed by atoms with Gasteiger partial charge in [-0.1, -0.05) is 19.1 Å². The van der Waals surface area contributed by atoms with Crippen LogP contribution in [-0.4, -0.2) is 10.1 Å². The van der Waals surface area contributed by atoms with Crippen molar-refractivity contribution in [1.29, 1.82) is 0 Å². The van der Waals surface area contributed by atoms with Crippen LogP contribution in [0.15, 0.2) is 24.3 Å². The number of hydrogen-bond donors (Lipinski definition) is 2. The molecule has 0 aliphatic heterocycles. The van der Waals surface area contributed by atoms with Gasteiger partial charge in [-0.25, -0.2) is 4.98 Å². The third-order valence-electron chi connectivity index (χ3n) is 2.39. The second-order valence-corrected chi connectivity index (χ2v) is 4.58. The third kappa shape index (κ3) is 2.08. The zero-order chi connectivity index (χ0) is 11.5. The van der Waals surface area contributed by atoms with Gasteiger partial charge in [-0.15, -0.1) is 11.3 Å². The number of hydrogen-bond acceptors (Lipinski definition) is 4. The lowest BCUT2D eigenvalue weighted by Crippen LogP contribution is -1.96. The van der Waals surface area contributed by atoms with Crippen molar-refractivity contribution in [2.45, 2.75) is 19.9 Å². The number of nitrogens with two attached hydrogens (primary N) is 1. The van der Waals surface area contributed by atoms with E-state index in [0.29, 0.717) is 6.54 Å². The van der Waals surface area contributed by atoms with E-state index in [0.717, 1.165) is 27.6 Å². The van der Waals surface area contributed by atoms with Crippen LogP contribution < -0.4 is 5.73 Å². The van der Waals surface area contributed by atoms with Crippen molar-refractivity contribution < 1.29 is 5.11 Å². The zero-order valence-electron chi connectivity index (χ0n) is 9.10. The van der Waals surface area contributed by atoms with Crippen LogP contribution in [0.3, 0.4) is 0 Å². The van der Waals surface area contributed by atoms with E-state index >= 15 is 0 Å². The van der Waals surface area contributed by atoms with Crippen LogP contribution >= 0.6 is 11.3 Å². The highest BCUT2D eigenvalue weighted by Crippen LogP contribution is 2.29. The minimum Gasteiger partial charge on any atom is -0.508 e. The minimum atomic E-state index is 0.264. The van der Waals surface area contributed by atoms with E-state index in [1.807, 2.05) is 12.1 Å². The van der Waals surface area contributed by atoms with Gasteiger partial charge in [-0.05, 0) is 18.6 Å². The highest BCUT2D eigenvalue weighted by molar-refractivity contribution is 7.15. The van der Waals surface area contributed by atoms with E-state index in [1.54, 1.807) is 23.5 Å². The molecule has 4 heteroatoms. The summed E-state index contributed by atoms with van der Waals surface area (Å²) < 4.78 is 0. The van der Waals surface area contributed by atoms with Crippen LogP contribution in [0.4, 0.5) is 0 Å². The van der Waals surface area contributed by atoms with Crippen molar-refractivity contribution >= 4 is 11.3 Å². The van der Waals surface area contributed by atoms with E-state index in [4.69, 9.17) is 5.73 Å². The van der Waals surface area contributed by atoms with Gasteiger partial charge < -0.3 is 10.8 Å². The number of phenols is 1. The monoisotopic (exact) mass is 234 g/mol. The van der Waals surface area contributed by atoms with Crippen molar-refractivity contribution in [3.05, 3.63) is 34.8 Å². The molecule has 0 spiro atoms. The summed E-state index contributed by atoms with van der Waals surface area (Å²) in [4.78, 5) is 5.66. The van der Waals surface area contributed by atoms with Crippen molar-refractivity contribution in [1.82, 2.24) is 4.98 Å². The maximum absolute atomic E-state index is 9.42. The van der Waals surface area contributed by atoms with Crippen LogP contribution in [0.2, 0.25) is 0 Å². The van der Waals surface area contributed by atoms with Gasteiger partial charge in [-0.3, -0.25) is 0 Å². The fourth-order valence-corrected chi connectivity index (χ4v) is 2.61. The molecule has 0 radical (unpaired) electrons. The van der Waals surface area contributed by atoms with Crippen molar-refractivity contribution in [2.75, 3.05) is 0 Å². The topological polar surface area (TPSA) is 59.1 Å². The first kappa shape index (κ1) is 11.1. The molecule has 0 atom stereocenters. The number of aromatic hydroxyl groups is 1. The summed E-state index contributed by atoms with van der Waals surface area (Å²) in [6.07, 6.45) is 0.891. The fourth-order valence-electron chi connectivity index (χ4n) is 1.58. The molecular weight excluding hydrogens is 220 g/mol. The van der Waals surface area contributed by atoms with E-state index in [1.165, 1.54) is 0 Å². The summed E-state index contributed by atoms with van der Waals surface area (Å²) >= 11 is 1.60. The third-order valence-corrected chi connectivity index (χ3v) is 3.56. The van der Waals surface area contributed by atoms with Gasteiger partial charge in [0.05, 0.1) is 5.69 Å². The zero-order valence-corrected chi connectivity index (χ0v) is 9.92. The molecule has 1 aromatic heterocycles. The molecule has 0 saturated carbocycles. The Morgan fingerprint density at radius 3 is 2.81 bits per heavy atom. The van der Waals surface area contributed by atoms with Gasteiger partial charge in [0.15, 0.2) is 0 Å². The van der Waals surface area contributed by atoms with Crippen LogP contribution in [0.5, 0.6) is 5.75 Å². The Hall–Kier alpha value is -1.39. The summed E-state index contributed by atoms with van der Waals surface area (Å²) in [6, 6.07) is 7.14. The number of phenolic OH excluding ortho intramolecular Hbond substituents is 1. The van der Waals surface area contributed by atoms with Gasteiger partial charge in [-0.2, -0.15) is 0 Å². The first-order chi connectivity index (χ1) is 7.74. The molecule has 0 bridgehead atoms. The lowest BCUT2D eigenvalue weighted by molar-refractivity contribution is 0.475. The highest BCUT2D eigenvalue weighted by Gasteiger charge is 2.10. The Balaban J connectivity index is 2.44. The van der Waals surface area contributed by atoms with Gasteiger partial charge in [0.2, 0.25) is 0 Å². The predicted molar refractivity (Wildman–Crippen MR) is 66.5 cm³/mol. The van der Waals surface area contributed by atoms with Crippen molar-refractivity contribution in [2.24, 2.45) is 5.73 Å². The van der Waals surface area contributed by atoms with Gasteiger partial charge in [0, 0.05) is 17.0 Å². The standard InChI is InChI=1S/C12H14N2OS/c1-2-10-11(7-13)16-12(14-10)8-4-3-5-9(15)6-8/h3-6,15H,2,7,13H2,1H3. The number of aromatic nitrogens is 1. The number of nitrogens with zero attached hydrogens (tertiary/aromatic N) is 1. The molecule has 0 aliphatic carbocycles. The fraction of sp³-hybridized carbons (Fsp3) is 0.250. The van der Waals surface area contributed by atoms with E-state index in [-0.39, 0.29) is 5.75 Å². The highest BCUT2D eigenvalue weighted by atomic mass is 32.1. The first-order valence-corrected chi connectivity index (χ1v) is 6.04. The maximum atomic E-state index is 9.42. The average molecular weight is 234 g/mol. The average Bonchev–Trinajstić information content (AvgIpc) is 2.72. The molecule has 0 aliphatic rings. The van der Waals surface area contributed by atoms with E-state index in [2.05, 4.69) is 11.9 Å². The molecule has 3 N–H and O–H groups in total. The van der Waals surface area contributed by atoms with Crippen molar-refractivity contribution in [3.63, 3.8) is 0 Å². The molecule has 0 saturated heterocycles. The Labute approximate surface area is 98.6 Å². The molecule has 1 heterocycles. The van der Waals surface area contributed by atoms with Crippen LogP contribution in [0, 0.1) is 0 Å². The quantitative estimate of drug-likeness (QED) is 0.858. The Bertz CT molecular complexity index is 472. The second kappa shape index (κ2) is 4.63. The Kier molecular flexibility index (Phi) is 3.22. The summed E-state index contributed by atoms with van der Waals surface area (Å²) in [7, 11) is 0. The summed E-state index contributed by atoms with van der Waals surface area (Å²) in [6.45, 7) is 2.60. The maximum Gasteiger partial charge on any atom is 0.124 e. The summed E-state index contributed by atoms with van der Waals surface area (Å²) in [5, 5.41) is 10.3. The molecule has 2 rings (SSSR count).